The van der Waals surface area contributed by atoms with Crippen molar-refractivity contribution in [2.75, 3.05) is 11.1 Å². The third-order valence-electron chi connectivity index (χ3n) is 2.74. The lowest BCUT2D eigenvalue weighted by molar-refractivity contribution is -0.113. The number of carbonyl (C=O) groups is 1. The second-order valence-corrected chi connectivity index (χ2v) is 7.02. The highest BCUT2D eigenvalue weighted by atomic mass is 35.5. The van der Waals surface area contributed by atoms with E-state index >= 15 is 0 Å². The van der Waals surface area contributed by atoms with Gasteiger partial charge in [0.15, 0.2) is 0 Å². The normalized spacial score (nSPS) is 11.4. The number of nitrogens with one attached hydrogen (secondary N) is 1. The Morgan fingerprint density at radius 2 is 2.10 bits per heavy atom. The fourth-order valence-corrected chi connectivity index (χ4v) is 2.61. The van der Waals surface area contributed by atoms with Gasteiger partial charge in [0.1, 0.15) is 0 Å². The standard InChI is InChI=1S/C15H17ClN2O2S/c1-15(2,3)12-8-14(20-18-12)17-13(19)9-21-11-7-5-4-6-10(11)16/h4-8H,9H2,1-3H3,(H,17,19). The molecule has 0 atom stereocenters. The van der Waals surface area contributed by atoms with Gasteiger partial charge in [-0.05, 0) is 12.1 Å². The molecule has 1 heterocycles. The number of hydrogen-bond acceptors (Lipinski definition) is 4. The van der Waals surface area contributed by atoms with E-state index < -0.39 is 0 Å². The number of benzene rings is 1. The molecule has 1 aromatic heterocycles. The Morgan fingerprint density at radius 1 is 1.38 bits per heavy atom. The maximum Gasteiger partial charge on any atom is 0.237 e. The molecule has 0 aliphatic heterocycles. The molecule has 112 valence electrons. The smallest absolute Gasteiger partial charge is 0.237 e. The molecule has 1 aromatic carbocycles. The zero-order chi connectivity index (χ0) is 15.5. The van der Waals surface area contributed by atoms with Crippen LogP contribution in [0.4, 0.5) is 5.88 Å². The zero-order valence-corrected chi connectivity index (χ0v) is 13.7. The minimum absolute atomic E-state index is 0.112. The Labute approximate surface area is 133 Å². The SMILES string of the molecule is CC(C)(C)c1cc(NC(=O)CSc2ccccc2Cl)on1. The number of nitrogens with zero attached hydrogens (tertiary/aromatic N) is 1. The first-order valence-electron chi connectivity index (χ1n) is 6.50. The van der Waals surface area contributed by atoms with Gasteiger partial charge in [-0.3, -0.25) is 10.1 Å². The molecule has 4 nitrogen and oxygen atoms in total. The molecule has 0 aliphatic carbocycles. The topological polar surface area (TPSA) is 55.1 Å². The van der Waals surface area contributed by atoms with Crippen molar-refractivity contribution in [3.05, 3.63) is 41.0 Å². The molecule has 6 heteroatoms. The molecule has 1 amide bonds. The minimum Gasteiger partial charge on any atom is -0.338 e. The Bertz CT molecular complexity index is 635. The van der Waals surface area contributed by atoms with E-state index in [1.807, 2.05) is 39.0 Å². The predicted octanol–water partition coefficient (Wildman–Crippen LogP) is 4.36. The van der Waals surface area contributed by atoms with Crippen molar-refractivity contribution in [2.45, 2.75) is 31.1 Å². The molecule has 0 radical (unpaired) electrons. The number of rotatable bonds is 4. The first kappa shape index (κ1) is 15.9. The van der Waals surface area contributed by atoms with Crippen molar-refractivity contribution in [2.24, 2.45) is 0 Å². The second kappa shape index (κ2) is 6.54. The van der Waals surface area contributed by atoms with Crippen LogP contribution >= 0.6 is 23.4 Å². The number of anilines is 1. The number of halogens is 1. The van der Waals surface area contributed by atoms with Crippen LogP contribution in [0.15, 0.2) is 39.8 Å². The van der Waals surface area contributed by atoms with Gasteiger partial charge in [0.05, 0.1) is 16.5 Å². The Kier molecular flexibility index (Phi) is 4.96. The largest absolute Gasteiger partial charge is 0.338 e. The van der Waals surface area contributed by atoms with Crippen molar-refractivity contribution < 1.29 is 9.32 Å². The lowest BCUT2D eigenvalue weighted by Crippen LogP contribution is -2.14. The predicted molar refractivity (Wildman–Crippen MR) is 86.0 cm³/mol. The highest BCUT2D eigenvalue weighted by Gasteiger charge is 2.19. The van der Waals surface area contributed by atoms with Crippen LogP contribution in [0.1, 0.15) is 26.5 Å². The van der Waals surface area contributed by atoms with Crippen LogP contribution in [0, 0.1) is 0 Å². The molecule has 0 bridgehead atoms. The second-order valence-electron chi connectivity index (χ2n) is 5.59. The lowest BCUT2D eigenvalue weighted by atomic mass is 9.92. The molecule has 21 heavy (non-hydrogen) atoms. The molecule has 1 N–H and O–H groups in total. The van der Waals surface area contributed by atoms with E-state index in [0.717, 1.165) is 10.6 Å². The number of amides is 1. The molecule has 0 spiro atoms. The summed E-state index contributed by atoms with van der Waals surface area (Å²) >= 11 is 7.42. The highest BCUT2D eigenvalue weighted by molar-refractivity contribution is 8.00. The number of thioether (sulfide) groups is 1. The molecular formula is C15H17ClN2O2S. The quantitative estimate of drug-likeness (QED) is 0.849. The Balaban J connectivity index is 1.90. The van der Waals surface area contributed by atoms with E-state index in [0.29, 0.717) is 10.9 Å². The van der Waals surface area contributed by atoms with Gasteiger partial charge in [-0.15, -0.1) is 11.8 Å². The monoisotopic (exact) mass is 324 g/mol. The summed E-state index contributed by atoms with van der Waals surface area (Å²) in [5.41, 5.74) is 0.690. The van der Waals surface area contributed by atoms with Gasteiger partial charge in [-0.25, -0.2) is 0 Å². The summed E-state index contributed by atoms with van der Waals surface area (Å²) < 4.78 is 5.12. The fraction of sp³-hybridized carbons (Fsp3) is 0.333. The molecule has 2 aromatic rings. The molecule has 0 unspecified atom stereocenters. The minimum atomic E-state index is -0.156. The van der Waals surface area contributed by atoms with Crippen LogP contribution < -0.4 is 5.32 Å². The summed E-state index contributed by atoms with van der Waals surface area (Å²) in [4.78, 5) is 12.8. The summed E-state index contributed by atoms with van der Waals surface area (Å²) in [5, 5.41) is 7.29. The Morgan fingerprint density at radius 3 is 2.71 bits per heavy atom. The van der Waals surface area contributed by atoms with E-state index in [-0.39, 0.29) is 17.1 Å². The van der Waals surface area contributed by atoms with Gasteiger partial charge in [-0.2, -0.15) is 0 Å². The average Bonchev–Trinajstić information content (AvgIpc) is 2.86. The number of hydrogen-bond donors (Lipinski definition) is 1. The number of aromatic nitrogens is 1. The van der Waals surface area contributed by atoms with Gasteiger partial charge in [0, 0.05) is 16.4 Å². The summed E-state index contributed by atoms with van der Waals surface area (Å²) in [5.74, 6) is 0.469. The molecule has 0 saturated heterocycles. The van der Waals surface area contributed by atoms with Gasteiger partial charge in [0.2, 0.25) is 11.8 Å². The van der Waals surface area contributed by atoms with E-state index in [2.05, 4.69) is 10.5 Å². The van der Waals surface area contributed by atoms with Crippen molar-refractivity contribution in [3.8, 4) is 0 Å². The summed E-state index contributed by atoms with van der Waals surface area (Å²) in [6.07, 6.45) is 0. The molecule has 2 rings (SSSR count). The van der Waals surface area contributed by atoms with Gasteiger partial charge in [-0.1, -0.05) is 49.7 Å². The highest BCUT2D eigenvalue weighted by Crippen LogP contribution is 2.27. The molecule has 0 fully saturated rings. The third-order valence-corrected chi connectivity index (χ3v) is 4.25. The van der Waals surface area contributed by atoms with E-state index in [1.165, 1.54) is 11.8 Å². The lowest BCUT2D eigenvalue weighted by Gasteiger charge is -2.12. The summed E-state index contributed by atoms with van der Waals surface area (Å²) in [6.45, 7) is 6.09. The molecule has 0 aliphatic rings. The fourth-order valence-electron chi connectivity index (χ4n) is 1.57. The molecular weight excluding hydrogens is 308 g/mol. The van der Waals surface area contributed by atoms with Crippen LogP contribution in [0.3, 0.4) is 0 Å². The van der Waals surface area contributed by atoms with Gasteiger partial charge in [0.25, 0.3) is 0 Å². The van der Waals surface area contributed by atoms with Crippen molar-refractivity contribution in [1.82, 2.24) is 5.16 Å². The van der Waals surface area contributed by atoms with Crippen molar-refractivity contribution >= 4 is 35.2 Å². The van der Waals surface area contributed by atoms with Crippen LogP contribution in [0.5, 0.6) is 0 Å². The van der Waals surface area contributed by atoms with Gasteiger partial charge >= 0.3 is 0 Å². The van der Waals surface area contributed by atoms with Crippen LogP contribution in [-0.4, -0.2) is 16.8 Å². The van der Waals surface area contributed by atoms with Crippen LogP contribution in [-0.2, 0) is 10.2 Å². The maximum absolute atomic E-state index is 11.9. The summed E-state index contributed by atoms with van der Waals surface area (Å²) in [7, 11) is 0. The zero-order valence-electron chi connectivity index (χ0n) is 12.1. The van der Waals surface area contributed by atoms with Crippen molar-refractivity contribution in [1.29, 1.82) is 0 Å². The van der Waals surface area contributed by atoms with Crippen LogP contribution in [0.25, 0.3) is 0 Å². The van der Waals surface area contributed by atoms with E-state index in [4.69, 9.17) is 16.1 Å². The summed E-state index contributed by atoms with van der Waals surface area (Å²) in [6, 6.07) is 9.17. The first-order valence-corrected chi connectivity index (χ1v) is 7.87. The number of carbonyl (C=O) groups excluding carboxylic acids is 1. The van der Waals surface area contributed by atoms with Crippen LogP contribution in [0.2, 0.25) is 5.02 Å². The average molecular weight is 325 g/mol. The maximum atomic E-state index is 11.9. The van der Waals surface area contributed by atoms with E-state index in [1.54, 1.807) is 12.1 Å². The van der Waals surface area contributed by atoms with Gasteiger partial charge < -0.3 is 4.52 Å². The first-order chi connectivity index (χ1) is 9.86. The van der Waals surface area contributed by atoms with E-state index in [9.17, 15) is 4.79 Å². The Hall–Kier alpha value is -1.46. The molecule has 0 saturated carbocycles. The third kappa shape index (κ3) is 4.51. The van der Waals surface area contributed by atoms with Crippen molar-refractivity contribution in [3.63, 3.8) is 0 Å².